The number of fused-ring (bicyclic) bond motifs is 7. The summed E-state index contributed by atoms with van der Waals surface area (Å²) in [5, 5.41) is 4.37. The zero-order chi connectivity index (χ0) is 36.9. The fourth-order valence-corrected chi connectivity index (χ4v) is 14.6. The molecule has 1 heterocycles. The summed E-state index contributed by atoms with van der Waals surface area (Å²) in [6, 6.07) is 8.20. The topological polar surface area (TPSA) is 44.8 Å². The molecule has 5 fully saturated rings. The second-order valence-electron chi connectivity index (χ2n) is 19.6. The number of hydrogen-bond donors (Lipinski definition) is 1. The van der Waals surface area contributed by atoms with Crippen molar-refractivity contribution in [1.82, 2.24) is 15.1 Å². The van der Waals surface area contributed by atoms with Crippen LogP contribution in [0.3, 0.4) is 0 Å². The third-order valence-corrected chi connectivity index (χ3v) is 17.5. The minimum atomic E-state index is 0.0815. The zero-order valence-corrected chi connectivity index (χ0v) is 34.3. The number of ether oxygens (including phenoxy) is 1. The van der Waals surface area contributed by atoms with E-state index in [9.17, 15) is 4.79 Å². The monoisotopic (exact) mass is 732 g/mol. The fraction of sp³-hybridized carbons (Fsp3) is 0.761. The van der Waals surface area contributed by atoms with E-state index in [-0.39, 0.29) is 11.0 Å². The molecule has 0 unspecified atom stereocenters. The Balaban J connectivity index is 1.08. The van der Waals surface area contributed by atoms with Gasteiger partial charge in [-0.25, -0.2) is 0 Å². The molecule has 9 atom stereocenters. The lowest BCUT2D eigenvalue weighted by Gasteiger charge is -2.72. The molecule has 1 saturated heterocycles. The first-order valence-corrected chi connectivity index (χ1v) is 21.7. The van der Waals surface area contributed by atoms with Crippen molar-refractivity contribution in [3.8, 4) is 5.75 Å². The molecule has 0 radical (unpaired) electrons. The highest BCUT2D eigenvalue weighted by molar-refractivity contribution is 6.17. The molecular formula is C46H70ClN3O2. The summed E-state index contributed by atoms with van der Waals surface area (Å²) in [5.74, 6) is 4.88. The number of nitrogens with one attached hydrogen (secondary N) is 1. The van der Waals surface area contributed by atoms with E-state index in [0.29, 0.717) is 46.2 Å². The standard InChI is InChI=1S/C46H70ClN3O2/c1-33(2)36-16-21-46(48-25-27-50-30-28-49(29-31-50)26-9-8-24-47)23-22-44(6)38(41(36)46)14-15-40-43(5)19-17-37(34-10-12-35(13-11-34)52-32-51)42(3,4)39(43)18-20-45(40,44)7/h10-13,17,32,36,38-41,48H,1,8-9,14-16,18-31H2,2-7H3/t36-,38+,39-,40+,41+,43-,44+,45+,46-/m0/s1. The molecule has 6 aliphatic rings. The number of halogens is 1. The van der Waals surface area contributed by atoms with Crippen LogP contribution in [0.15, 0.2) is 42.5 Å². The number of unbranched alkanes of at least 4 members (excludes halogenated alkanes) is 1. The Morgan fingerprint density at radius 2 is 1.60 bits per heavy atom. The quantitative estimate of drug-likeness (QED) is 0.100. The minimum absolute atomic E-state index is 0.0815. The molecule has 1 aliphatic heterocycles. The lowest BCUT2D eigenvalue weighted by Crippen LogP contribution is -2.68. The third kappa shape index (κ3) is 6.38. The van der Waals surface area contributed by atoms with Crippen molar-refractivity contribution in [1.29, 1.82) is 0 Å². The number of alkyl halides is 1. The Morgan fingerprint density at radius 1 is 0.885 bits per heavy atom. The molecule has 1 aromatic rings. The Bertz CT molecular complexity index is 1480. The predicted molar refractivity (Wildman–Crippen MR) is 217 cm³/mol. The largest absolute Gasteiger partial charge is 0.429 e. The molecular weight excluding hydrogens is 662 g/mol. The molecule has 4 saturated carbocycles. The number of piperazine rings is 1. The molecule has 5 nitrogen and oxygen atoms in total. The molecule has 0 amide bonds. The number of allylic oxidation sites excluding steroid dienone is 3. The lowest BCUT2D eigenvalue weighted by molar-refractivity contribution is -0.219. The summed E-state index contributed by atoms with van der Waals surface area (Å²) in [6.07, 6.45) is 16.8. The van der Waals surface area contributed by atoms with E-state index in [0.717, 1.165) is 37.1 Å². The van der Waals surface area contributed by atoms with Crippen molar-refractivity contribution in [3.05, 3.63) is 48.1 Å². The Morgan fingerprint density at radius 3 is 2.27 bits per heavy atom. The van der Waals surface area contributed by atoms with E-state index < -0.39 is 0 Å². The average Bonchev–Trinajstić information content (AvgIpc) is 3.50. The van der Waals surface area contributed by atoms with Gasteiger partial charge in [-0.2, -0.15) is 0 Å². The molecule has 7 rings (SSSR count). The molecule has 5 aliphatic carbocycles. The Labute approximate surface area is 321 Å². The number of benzene rings is 1. The van der Waals surface area contributed by atoms with Crippen LogP contribution in [0.1, 0.15) is 118 Å². The van der Waals surface area contributed by atoms with Gasteiger partial charge in [0.05, 0.1) is 0 Å². The average molecular weight is 733 g/mol. The molecule has 0 spiro atoms. The molecule has 1 N–H and O–H groups in total. The van der Waals surface area contributed by atoms with Gasteiger partial charge in [0.25, 0.3) is 6.47 Å². The Kier molecular flexibility index (Phi) is 11.0. The first-order chi connectivity index (χ1) is 24.8. The van der Waals surface area contributed by atoms with Crippen molar-refractivity contribution in [2.24, 2.45) is 51.2 Å². The van der Waals surface area contributed by atoms with Crippen LogP contribution in [0.25, 0.3) is 5.57 Å². The molecule has 0 aromatic heterocycles. The number of carbonyl (C=O) groups is 1. The lowest BCUT2D eigenvalue weighted by atomic mass is 9.33. The smallest absolute Gasteiger partial charge is 0.298 e. The van der Waals surface area contributed by atoms with Crippen LogP contribution in [0.2, 0.25) is 0 Å². The van der Waals surface area contributed by atoms with Crippen molar-refractivity contribution >= 4 is 23.6 Å². The second kappa shape index (κ2) is 14.8. The van der Waals surface area contributed by atoms with E-state index in [1.165, 1.54) is 114 Å². The maximum Gasteiger partial charge on any atom is 0.298 e. The van der Waals surface area contributed by atoms with Crippen molar-refractivity contribution in [2.45, 2.75) is 118 Å². The second-order valence-corrected chi connectivity index (χ2v) is 20.0. The SMILES string of the molecule is C=C(C)[C@@H]1CC[C@]2(NCCN3CCN(CCCCCl)CC3)CC[C@]3(C)[C@H](CC[C@@H]4[C@@]5(C)CC=C(c6ccc(OC=O)cc6)C(C)(C)[C@@H]5CC[C@]43C)[C@@H]12. The van der Waals surface area contributed by atoms with Gasteiger partial charge in [-0.1, -0.05) is 65.0 Å². The van der Waals surface area contributed by atoms with Crippen LogP contribution < -0.4 is 10.1 Å². The first kappa shape index (κ1) is 38.6. The number of hydrogen-bond acceptors (Lipinski definition) is 5. The van der Waals surface area contributed by atoms with E-state index >= 15 is 0 Å². The summed E-state index contributed by atoms with van der Waals surface area (Å²) >= 11 is 5.93. The summed E-state index contributed by atoms with van der Waals surface area (Å²) in [7, 11) is 0. The predicted octanol–water partition coefficient (Wildman–Crippen LogP) is 9.85. The van der Waals surface area contributed by atoms with Gasteiger partial charge in [0, 0.05) is 50.7 Å². The van der Waals surface area contributed by atoms with E-state index in [1.807, 2.05) is 12.1 Å². The highest BCUT2D eigenvalue weighted by Gasteiger charge is 2.70. The van der Waals surface area contributed by atoms with Gasteiger partial charge in [0.15, 0.2) is 0 Å². The van der Waals surface area contributed by atoms with Crippen LogP contribution in [-0.4, -0.2) is 73.5 Å². The maximum atomic E-state index is 10.9. The van der Waals surface area contributed by atoms with Gasteiger partial charge in [-0.05, 0) is 159 Å². The van der Waals surface area contributed by atoms with Crippen LogP contribution in [0.4, 0.5) is 0 Å². The fourth-order valence-electron chi connectivity index (χ4n) is 14.4. The van der Waals surface area contributed by atoms with Crippen LogP contribution in [0.5, 0.6) is 5.75 Å². The number of nitrogens with zero attached hydrogens (tertiary/aromatic N) is 2. The molecule has 52 heavy (non-hydrogen) atoms. The van der Waals surface area contributed by atoms with E-state index in [4.69, 9.17) is 16.3 Å². The normalized spacial score (nSPS) is 40.1. The van der Waals surface area contributed by atoms with Crippen molar-refractivity contribution < 1.29 is 9.53 Å². The van der Waals surface area contributed by atoms with Gasteiger partial charge >= 0.3 is 0 Å². The minimum Gasteiger partial charge on any atom is -0.429 e. The van der Waals surface area contributed by atoms with Crippen molar-refractivity contribution in [3.63, 3.8) is 0 Å². The maximum absolute atomic E-state index is 10.9. The van der Waals surface area contributed by atoms with Crippen molar-refractivity contribution in [2.75, 3.05) is 51.7 Å². The van der Waals surface area contributed by atoms with Gasteiger partial charge in [0.2, 0.25) is 0 Å². The van der Waals surface area contributed by atoms with Gasteiger partial charge in [-0.3, -0.25) is 9.69 Å². The van der Waals surface area contributed by atoms with E-state index in [1.54, 1.807) is 0 Å². The molecule has 288 valence electrons. The molecule has 0 bridgehead atoms. The number of rotatable bonds is 12. The number of carbonyl (C=O) groups excluding carboxylic acids is 1. The third-order valence-electron chi connectivity index (χ3n) is 17.2. The van der Waals surface area contributed by atoms with Crippen LogP contribution in [-0.2, 0) is 4.79 Å². The summed E-state index contributed by atoms with van der Waals surface area (Å²) in [6.45, 7) is 29.1. The first-order valence-electron chi connectivity index (χ1n) is 21.2. The molecule has 1 aromatic carbocycles. The van der Waals surface area contributed by atoms with Gasteiger partial charge in [0.1, 0.15) is 5.75 Å². The van der Waals surface area contributed by atoms with E-state index in [2.05, 4.69) is 81.4 Å². The summed E-state index contributed by atoms with van der Waals surface area (Å²) in [4.78, 5) is 16.3. The van der Waals surface area contributed by atoms with Gasteiger partial charge < -0.3 is 15.0 Å². The highest BCUT2D eigenvalue weighted by Crippen LogP contribution is 2.76. The summed E-state index contributed by atoms with van der Waals surface area (Å²) < 4.78 is 5.12. The van der Waals surface area contributed by atoms with Crippen LogP contribution in [0, 0.1) is 51.2 Å². The van der Waals surface area contributed by atoms with Gasteiger partial charge in [-0.15, -0.1) is 11.6 Å². The Hall–Kier alpha value is -1.66. The summed E-state index contributed by atoms with van der Waals surface area (Å²) in [5.41, 5.74) is 5.51. The zero-order valence-electron chi connectivity index (χ0n) is 33.6. The van der Waals surface area contributed by atoms with Crippen LogP contribution >= 0.6 is 11.6 Å². The highest BCUT2D eigenvalue weighted by atomic mass is 35.5. The molecule has 6 heteroatoms.